The van der Waals surface area contributed by atoms with E-state index in [1.165, 1.54) is 85.4 Å². The molecule has 1 N–H and O–H groups in total. The molecule has 11 heteroatoms. The standard InChI is InChI=1S/C26H21F4N3O3S/c1-16(2)37(35,36)32-15-22(21-5-3-4-6-24(21)32)25(34,26(28,29)30)18-7-12-23-17(13-18)14-31-33(23)20-10-8-19(27)9-11-20/h3-16,34H,1-2H3. The van der Waals surface area contributed by atoms with Gasteiger partial charge in [0.15, 0.2) is 0 Å². The van der Waals surface area contributed by atoms with Crippen LogP contribution in [0.25, 0.3) is 27.5 Å². The van der Waals surface area contributed by atoms with E-state index in [9.17, 15) is 31.1 Å². The van der Waals surface area contributed by atoms with Gasteiger partial charge in [-0.15, -0.1) is 0 Å². The van der Waals surface area contributed by atoms with Crippen molar-refractivity contribution in [3.8, 4) is 5.69 Å². The third-order valence-electron chi connectivity index (χ3n) is 6.40. The third-order valence-corrected chi connectivity index (χ3v) is 8.45. The van der Waals surface area contributed by atoms with Gasteiger partial charge in [-0.25, -0.2) is 21.5 Å². The molecule has 0 aliphatic heterocycles. The van der Waals surface area contributed by atoms with Gasteiger partial charge in [0.05, 0.1) is 28.2 Å². The largest absolute Gasteiger partial charge is 0.425 e. The van der Waals surface area contributed by atoms with Gasteiger partial charge in [0.1, 0.15) is 5.82 Å². The van der Waals surface area contributed by atoms with Gasteiger partial charge in [-0.2, -0.15) is 18.3 Å². The van der Waals surface area contributed by atoms with Crippen molar-refractivity contribution < 1.29 is 31.1 Å². The monoisotopic (exact) mass is 531 g/mol. The molecule has 6 nitrogen and oxygen atoms in total. The number of alkyl halides is 3. The van der Waals surface area contributed by atoms with Crippen molar-refractivity contribution >= 4 is 31.8 Å². The lowest BCUT2D eigenvalue weighted by Gasteiger charge is -2.31. The number of halogens is 4. The molecule has 2 heterocycles. The van der Waals surface area contributed by atoms with E-state index < -0.39 is 44.0 Å². The van der Waals surface area contributed by atoms with Crippen molar-refractivity contribution in [2.45, 2.75) is 30.9 Å². The summed E-state index contributed by atoms with van der Waals surface area (Å²) in [5.41, 5.74) is -3.68. The highest BCUT2D eigenvalue weighted by Gasteiger charge is 2.57. The summed E-state index contributed by atoms with van der Waals surface area (Å²) < 4.78 is 85.6. The van der Waals surface area contributed by atoms with E-state index >= 15 is 0 Å². The zero-order chi connectivity index (χ0) is 26.8. The van der Waals surface area contributed by atoms with Crippen molar-refractivity contribution in [1.82, 2.24) is 13.8 Å². The van der Waals surface area contributed by atoms with E-state index in [2.05, 4.69) is 5.10 Å². The van der Waals surface area contributed by atoms with Crippen LogP contribution in [0, 0.1) is 5.82 Å². The summed E-state index contributed by atoms with van der Waals surface area (Å²) in [7, 11) is -4.04. The highest BCUT2D eigenvalue weighted by atomic mass is 32.2. The van der Waals surface area contributed by atoms with Crippen LogP contribution in [0.4, 0.5) is 17.6 Å². The van der Waals surface area contributed by atoms with E-state index in [-0.39, 0.29) is 10.9 Å². The first-order valence-corrected chi connectivity index (χ1v) is 12.7. The first-order valence-electron chi connectivity index (χ1n) is 11.2. The molecule has 0 saturated heterocycles. The van der Waals surface area contributed by atoms with Crippen LogP contribution in [0.1, 0.15) is 25.0 Å². The zero-order valence-electron chi connectivity index (χ0n) is 19.6. The van der Waals surface area contributed by atoms with Gasteiger partial charge in [0.25, 0.3) is 0 Å². The van der Waals surface area contributed by atoms with Gasteiger partial charge in [-0.1, -0.05) is 24.3 Å². The maximum Gasteiger partial charge on any atom is 0.425 e. The van der Waals surface area contributed by atoms with Crippen LogP contribution in [0.2, 0.25) is 0 Å². The molecule has 1 atom stereocenters. The average Bonchev–Trinajstić information content (AvgIpc) is 3.45. The van der Waals surface area contributed by atoms with Crippen molar-refractivity contribution in [1.29, 1.82) is 0 Å². The normalized spacial score (nSPS) is 14.5. The Bertz CT molecular complexity index is 1740. The van der Waals surface area contributed by atoms with Gasteiger partial charge in [0.2, 0.25) is 15.6 Å². The van der Waals surface area contributed by atoms with E-state index in [0.717, 1.165) is 16.2 Å². The van der Waals surface area contributed by atoms with Gasteiger partial charge >= 0.3 is 6.18 Å². The number of aliphatic hydroxyl groups is 1. The molecule has 5 aromatic rings. The lowest BCUT2D eigenvalue weighted by molar-refractivity contribution is -0.247. The summed E-state index contributed by atoms with van der Waals surface area (Å²) in [4.78, 5) is 0. The molecule has 0 radical (unpaired) electrons. The minimum Gasteiger partial charge on any atom is -0.372 e. The summed E-state index contributed by atoms with van der Waals surface area (Å²) >= 11 is 0. The van der Waals surface area contributed by atoms with E-state index in [1.807, 2.05) is 0 Å². The van der Waals surface area contributed by atoms with Crippen LogP contribution in [0.5, 0.6) is 0 Å². The second kappa shape index (κ2) is 8.42. The van der Waals surface area contributed by atoms with Crippen molar-refractivity contribution in [3.63, 3.8) is 0 Å². The molecule has 1 unspecified atom stereocenters. The number of fused-ring (bicyclic) bond motifs is 2. The maximum absolute atomic E-state index is 14.7. The van der Waals surface area contributed by atoms with Gasteiger partial charge < -0.3 is 5.11 Å². The number of para-hydroxylation sites is 1. The van der Waals surface area contributed by atoms with Gasteiger partial charge in [0, 0.05) is 22.5 Å². The van der Waals surface area contributed by atoms with E-state index in [0.29, 0.717) is 16.6 Å². The first kappa shape index (κ1) is 25.0. The molecule has 0 saturated carbocycles. The van der Waals surface area contributed by atoms with Crippen LogP contribution in [0.3, 0.4) is 0 Å². The van der Waals surface area contributed by atoms with Crippen LogP contribution < -0.4 is 0 Å². The Labute approximate surface area is 209 Å². The quantitative estimate of drug-likeness (QED) is 0.304. The van der Waals surface area contributed by atoms with Crippen LogP contribution in [0.15, 0.2) is 79.1 Å². The Balaban J connectivity index is 1.74. The number of aromatic nitrogens is 3. The number of hydrogen-bond acceptors (Lipinski definition) is 4. The summed E-state index contributed by atoms with van der Waals surface area (Å²) in [6.45, 7) is 2.85. The number of rotatable bonds is 5. The van der Waals surface area contributed by atoms with E-state index in [1.54, 1.807) is 0 Å². The summed E-state index contributed by atoms with van der Waals surface area (Å²) in [6.07, 6.45) is -3.02. The smallest absolute Gasteiger partial charge is 0.372 e. The molecular weight excluding hydrogens is 510 g/mol. The first-order chi connectivity index (χ1) is 17.4. The highest BCUT2D eigenvalue weighted by Crippen LogP contribution is 2.48. The lowest BCUT2D eigenvalue weighted by Crippen LogP contribution is -2.43. The molecule has 3 aromatic carbocycles. The van der Waals surface area contributed by atoms with Gasteiger partial charge in [-0.3, -0.25) is 0 Å². The Morgan fingerprint density at radius 3 is 2.27 bits per heavy atom. The summed E-state index contributed by atoms with van der Waals surface area (Å²) in [5.74, 6) is -0.448. The number of nitrogens with zero attached hydrogens (tertiary/aromatic N) is 3. The second-order valence-corrected chi connectivity index (χ2v) is 11.3. The second-order valence-electron chi connectivity index (χ2n) is 8.96. The molecule has 37 heavy (non-hydrogen) atoms. The average molecular weight is 532 g/mol. The van der Waals surface area contributed by atoms with Crippen LogP contribution >= 0.6 is 0 Å². The summed E-state index contributed by atoms with van der Waals surface area (Å²) in [6, 6.07) is 14.8. The predicted octanol–water partition coefficient (Wildman–Crippen LogP) is 5.50. The van der Waals surface area contributed by atoms with Crippen molar-refractivity contribution in [2.75, 3.05) is 0 Å². The minimum atomic E-state index is -5.20. The highest BCUT2D eigenvalue weighted by molar-refractivity contribution is 7.90. The maximum atomic E-state index is 14.7. The molecule has 0 bridgehead atoms. The molecule has 0 spiro atoms. The molecule has 0 aliphatic rings. The zero-order valence-corrected chi connectivity index (χ0v) is 20.4. The number of hydrogen-bond donors (Lipinski definition) is 1. The molecule has 0 aliphatic carbocycles. The van der Waals surface area contributed by atoms with E-state index in [4.69, 9.17) is 0 Å². The number of benzene rings is 3. The topological polar surface area (TPSA) is 77.1 Å². The van der Waals surface area contributed by atoms with Crippen LogP contribution in [-0.2, 0) is 15.6 Å². The predicted molar refractivity (Wildman–Crippen MR) is 131 cm³/mol. The molecule has 5 rings (SSSR count). The molecule has 2 aromatic heterocycles. The lowest BCUT2D eigenvalue weighted by atomic mass is 9.85. The fourth-order valence-electron chi connectivity index (χ4n) is 4.39. The molecule has 0 fully saturated rings. The third kappa shape index (κ3) is 3.80. The molecular formula is C26H21F4N3O3S. The van der Waals surface area contributed by atoms with Gasteiger partial charge in [-0.05, 0) is 61.9 Å². The Kier molecular flexibility index (Phi) is 5.68. The van der Waals surface area contributed by atoms with Crippen LogP contribution in [-0.4, -0.2) is 38.7 Å². The SMILES string of the molecule is CC(C)S(=O)(=O)n1cc(C(O)(c2ccc3c(cnn3-c3ccc(F)cc3)c2)C(F)(F)F)c2ccccc21. The Hall–Kier alpha value is -3.70. The Morgan fingerprint density at radius 2 is 1.62 bits per heavy atom. The molecule has 192 valence electrons. The fraction of sp³-hybridized carbons (Fsp3) is 0.192. The minimum absolute atomic E-state index is 0.0269. The van der Waals surface area contributed by atoms with Crippen molar-refractivity contribution in [2.24, 2.45) is 0 Å². The van der Waals surface area contributed by atoms with Crippen molar-refractivity contribution in [3.05, 3.63) is 96.1 Å². The fourth-order valence-corrected chi connectivity index (χ4v) is 5.53. The Morgan fingerprint density at radius 1 is 0.946 bits per heavy atom. The summed E-state index contributed by atoms with van der Waals surface area (Å²) in [5, 5.41) is 15.0. The molecule has 0 amide bonds.